The van der Waals surface area contributed by atoms with Crippen LogP contribution < -0.4 is 11.3 Å². The first-order valence-corrected chi connectivity index (χ1v) is 6.42. The van der Waals surface area contributed by atoms with Crippen LogP contribution in [0, 0.1) is 0 Å². The molecule has 3 heterocycles. The first-order chi connectivity index (χ1) is 9.95. The second-order valence-corrected chi connectivity index (χ2v) is 5.04. The standard InChI is InChI=1S/C10H13N5O5S/c11-10-13-7-4(8(19)15(10)21)12-2-14(7)9-6(18)5(17)3(1-16)20-9/h2-3,5-6,9,16-18,21H,1H2,(H2,11,13)/t3-,5?,6?,9-/m1/s1. The number of nitrogen functional groups attached to an aromatic ring is 1. The average molecular weight is 315 g/mol. The molecule has 3 rings (SSSR count). The number of aliphatic hydroxyl groups is 3. The Morgan fingerprint density at radius 1 is 1.43 bits per heavy atom. The van der Waals surface area contributed by atoms with E-state index >= 15 is 0 Å². The van der Waals surface area contributed by atoms with Gasteiger partial charge in [-0.3, -0.25) is 9.36 Å². The maximum atomic E-state index is 11.9. The summed E-state index contributed by atoms with van der Waals surface area (Å²) >= 11 is 3.88. The molecule has 10 nitrogen and oxygen atoms in total. The molecule has 1 fully saturated rings. The van der Waals surface area contributed by atoms with Crippen molar-refractivity contribution in [3.8, 4) is 0 Å². The molecule has 0 bridgehead atoms. The van der Waals surface area contributed by atoms with E-state index in [1.165, 1.54) is 10.9 Å². The van der Waals surface area contributed by atoms with E-state index in [0.29, 0.717) is 0 Å². The van der Waals surface area contributed by atoms with Crippen LogP contribution in [0.5, 0.6) is 0 Å². The van der Waals surface area contributed by atoms with Gasteiger partial charge in [0.05, 0.1) is 12.9 Å². The van der Waals surface area contributed by atoms with E-state index in [4.69, 9.17) is 15.6 Å². The fourth-order valence-electron chi connectivity index (χ4n) is 2.27. The maximum absolute atomic E-state index is 11.9. The third kappa shape index (κ3) is 2.01. The lowest BCUT2D eigenvalue weighted by Gasteiger charge is -2.16. The molecule has 0 aliphatic carbocycles. The zero-order valence-corrected chi connectivity index (χ0v) is 11.5. The fraction of sp³-hybridized carbons (Fsp3) is 0.500. The number of hydrogen-bond acceptors (Lipinski definition) is 9. The largest absolute Gasteiger partial charge is 0.394 e. The number of nitrogens with zero attached hydrogens (tertiary/aromatic N) is 4. The smallest absolute Gasteiger partial charge is 0.293 e. The minimum Gasteiger partial charge on any atom is -0.394 e. The predicted octanol–water partition coefficient (Wildman–Crippen LogP) is -2.52. The molecule has 2 aromatic rings. The van der Waals surface area contributed by atoms with E-state index in [2.05, 4.69) is 22.8 Å². The molecule has 0 aromatic carbocycles. The van der Waals surface area contributed by atoms with Crippen LogP contribution in [-0.4, -0.2) is 58.7 Å². The van der Waals surface area contributed by atoms with Crippen LogP contribution in [0.1, 0.15) is 6.23 Å². The van der Waals surface area contributed by atoms with Gasteiger partial charge in [0.25, 0.3) is 5.56 Å². The number of anilines is 1. The normalized spacial score (nSPS) is 29.3. The van der Waals surface area contributed by atoms with Gasteiger partial charge in [0.15, 0.2) is 17.4 Å². The van der Waals surface area contributed by atoms with E-state index in [9.17, 15) is 15.0 Å². The number of rotatable bonds is 2. The topological polar surface area (TPSA) is 149 Å². The van der Waals surface area contributed by atoms with Crippen molar-refractivity contribution in [2.75, 3.05) is 12.3 Å². The van der Waals surface area contributed by atoms with Gasteiger partial charge in [-0.2, -0.15) is 4.98 Å². The van der Waals surface area contributed by atoms with Crippen molar-refractivity contribution in [1.29, 1.82) is 0 Å². The molecule has 0 saturated carbocycles. The van der Waals surface area contributed by atoms with Crippen molar-refractivity contribution >= 4 is 29.9 Å². The summed E-state index contributed by atoms with van der Waals surface area (Å²) in [6, 6.07) is 0. The number of fused-ring (bicyclic) bond motifs is 1. The van der Waals surface area contributed by atoms with Crippen molar-refractivity contribution in [2.45, 2.75) is 24.5 Å². The van der Waals surface area contributed by atoms with Crippen molar-refractivity contribution in [3.63, 3.8) is 0 Å². The molecule has 0 spiro atoms. The van der Waals surface area contributed by atoms with Gasteiger partial charge in [0, 0.05) is 0 Å². The van der Waals surface area contributed by atoms with E-state index in [-0.39, 0.29) is 17.1 Å². The van der Waals surface area contributed by atoms with E-state index in [0.717, 1.165) is 3.97 Å². The Balaban J connectivity index is 2.12. The third-order valence-electron chi connectivity index (χ3n) is 3.39. The van der Waals surface area contributed by atoms with Crippen LogP contribution in [0.15, 0.2) is 11.1 Å². The highest BCUT2D eigenvalue weighted by atomic mass is 32.1. The minimum absolute atomic E-state index is 0.00283. The van der Waals surface area contributed by atoms with E-state index < -0.39 is 36.7 Å². The van der Waals surface area contributed by atoms with Gasteiger partial charge >= 0.3 is 0 Å². The molecule has 1 saturated heterocycles. The molecule has 0 amide bonds. The van der Waals surface area contributed by atoms with Gasteiger partial charge in [-0.1, -0.05) is 12.8 Å². The molecular weight excluding hydrogens is 302 g/mol. The van der Waals surface area contributed by atoms with Gasteiger partial charge < -0.3 is 25.8 Å². The van der Waals surface area contributed by atoms with Gasteiger partial charge in [-0.25, -0.2) is 8.96 Å². The number of ether oxygens (including phenoxy) is 1. The van der Waals surface area contributed by atoms with Crippen molar-refractivity contribution in [2.24, 2.45) is 0 Å². The Kier molecular flexibility index (Phi) is 3.37. The van der Waals surface area contributed by atoms with Gasteiger partial charge in [-0.15, -0.1) is 0 Å². The van der Waals surface area contributed by atoms with Crippen LogP contribution in [0.3, 0.4) is 0 Å². The monoisotopic (exact) mass is 315 g/mol. The summed E-state index contributed by atoms with van der Waals surface area (Å²) in [5.41, 5.74) is 5.10. The quantitative estimate of drug-likeness (QED) is 0.381. The molecule has 2 unspecified atom stereocenters. The van der Waals surface area contributed by atoms with Crippen molar-refractivity contribution in [1.82, 2.24) is 18.5 Å². The third-order valence-corrected chi connectivity index (χ3v) is 3.78. The number of aliphatic hydroxyl groups excluding tert-OH is 3. The number of hydrogen-bond donors (Lipinski definition) is 5. The lowest BCUT2D eigenvalue weighted by Crippen LogP contribution is -2.33. The number of imidazole rings is 1. The van der Waals surface area contributed by atoms with Crippen molar-refractivity contribution in [3.05, 3.63) is 16.7 Å². The highest BCUT2D eigenvalue weighted by Crippen LogP contribution is 2.30. The summed E-state index contributed by atoms with van der Waals surface area (Å²) in [6.45, 7) is -0.458. The number of nitrogens with two attached hydrogens (primary N) is 1. The zero-order valence-electron chi connectivity index (χ0n) is 10.6. The molecule has 2 aromatic heterocycles. The van der Waals surface area contributed by atoms with Crippen LogP contribution in [0.4, 0.5) is 5.95 Å². The molecule has 1 aliphatic rings. The maximum Gasteiger partial charge on any atom is 0.293 e. The molecule has 5 N–H and O–H groups in total. The van der Waals surface area contributed by atoms with Gasteiger partial charge in [0.1, 0.15) is 18.3 Å². The highest BCUT2D eigenvalue weighted by Gasteiger charge is 2.44. The molecule has 21 heavy (non-hydrogen) atoms. The summed E-state index contributed by atoms with van der Waals surface area (Å²) in [5, 5.41) is 28.8. The Hall–Kier alpha value is -1.66. The predicted molar refractivity (Wildman–Crippen MR) is 73.6 cm³/mol. The first kappa shape index (κ1) is 14.3. The first-order valence-electron chi connectivity index (χ1n) is 6.02. The Morgan fingerprint density at radius 2 is 2.14 bits per heavy atom. The lowest BCUT2D eigenvalue weighted by molar-refractivity contribution is -0.0511. The van der Waals surface area contributed by atoms with Crippen molar-refractivity contribution < 1.29 is 20.1 Å². The summed E-state index contributed by atoms with van der Waals surface area (Å²) in [5.74, 6) is -0.149. The summed E-state index contributed by atoms with van der Waals surface area (Å²) < 4.78 is 7.49. The molecule has 1 aliphatic heterocycles. The zero-order chi connectivity index (χ0) is 15.3. The Labute approximate surface area is 123 Å². The average Bonchev–Trinajstić information content (AvgIpc) is 2.99. The van der Waals surface area contributed by atoms with E-state index in [1.807, 2.05) is 0 Å². The molecular formula is C10H13N5O5S. The van der Waals surface area contributed by atoms with Crippen LogP contribution in [0.2, 0.25) is 0 Å². The molecule has 4 atom stereocenters. The van der Waals surface area contributed by atoms with E-state index in [1.54, 1.807) is 0 Å². The van der Waals surface area contributed by atoms with Crippen LogP contribution in [-0.2, 0) is 4.74 Å². The van der Waals surface area contributed by atoms with Gasteiger partial charge in [0.2, 0.25) is 5.95 Å². The SMILES string of the molecule is Nc1nc2c(ncn2[C@@H]2O[C@H](CO)C(O)C2O)c(=O)n1S. The van der Waals surface area contributed by atoms with Crippen LogP contribution >= 0.6 is 12.8 Å². The number of thiol groups is 1. The minimum atomic E-state index is -1.30. The fourth-order valence-corrected chi connectivity index (χ4v) is 2.41. The summed E-state index contributed by atoms with van der Waals surface area (Å²) in [4.78, 5) is 19.8. The van der Waals surface area contributed by atoms with Gasteiger partial charge in [-0.05, 0) is 0 Å². The number of aromatic nitrogens is 4. The Bertz CT molecular complexity index is 745. The van der Waals surface area contributed by atoms with Crippen LogP contribution in [0.25, 0.3) is 11.2 Å². The summed E-state index contributed by atoms with van der Waals surface area (Å²) in [6.07, 6.45) is -3.30. The second-order valence-electron chi connectivity index (χ2n) is 4.64. The lowest BCUT2D eigenvalue weighted by atomic mass is 10.1. The Morgan fingerprint density at radius 3 is 2.76 bits per heavy atom. The molecule has 0 radical (unpaired) electrons. The second kappa shape index (κ2) is 4.96. The summed E-state index contributed by atoms with van der Waals surface area (Å²) in [7, 11) is 0. The molecule has 114 valence electrons. The molecule has 11 heteroatoms. The highest BCUT2D eigenvalue weighted by molar-refractivity contribution is 7.78.